The van der Waals surface area contributed by atoms with E-state index in [0.717, 1.165) is 22.6 Å². The Bertz CT molecular complexity index is 768. The van der Waals surface area contributed by atoms with E-state index in [1.165, 1.54) is 11.1 Å². The number of ether oxygens (including phenoxy) is 1. The molecule has 0 aromatic heterocycles. The number of fused-ring (bicyclic) bond motifs is 1. The van der Waals surface area contributed by atoms with Crippen molar-refractivity contribution in [2.45, 2.75) is 50.7 Å². The molecule has 3 nitrogen and oxygen atoms in total. The van der Waals surface area contributed by atoms with Gasteiger partial charge in [0.15, 0.2) is 0 Å². The Labute approximate surface area is 154 Å². The van der Waals surface area contributed by atoms with Gasteiger partial charge in [-0.1, -0.05) is 35.4 Å². The van der Waals surface area contributed by atoms with Crippen LogP contribution in [-0.4, -0.2) is 17.3 Å². The Morgan fingerprint density at radius 3 is 2.56 bits per heavy atom. The van der Waals surface area contributed by atoms with E-state index in [-0.39, 0.29) is 17.6 Å². The predicted octanol–water partition coefficient (Wildman–Crippen LogP) is 4.81. The topological polar surface area (TPSA) is 38.3 Å². The second-order valence-corrected chi connectivity index (χ2v) is 8.38. The van der Waals surface area contributed by atoms with Crippen molar-refractivity contribution in [3.8, 4) is 5.75 Å². The monoisotopic (exact) mass is 355 g/mol. The number of thioether (sulfide) groups is 1. The zero-order valence-electron chi connectivity index (χ0n) is 15.3. The van der Waals surface area contributed by atoms with Crippen molar-refractivity contribution in [1.29, 1.82) is 0 Å². The molecule has 1 atom stereocenters. The highest BCUT2D eigenvalue weighted by molar-refractivity contribution is 8.00. The van der Waals surface area contributed by atoms with Gasteiger partial charge in [-0.05, 0) is 45.9 Å². The first kappa shape index (κ1) is 17.9. The van der Waals surface area contributed by atoms with Crippen molar-refractivity contribution >= 4 is 17.7 Å². The van der Waals surface area contributed by atoms with Gasteiger partial charge in [-0.3, -0.25) is 4.79 Å². The molecule has 0 radical (unpaired) electrons. The molecule has 0 spiro atoms. The lowest BCUT2D eigenvalue weighted by atomic mass is 9.89. The summed E-state index contributed by atoms with van der Waals surface area (Å²) in [4.78, 5) is 13.6. The molecule has 0 unspecified atom stereocenters. The minimum Gasteiger partial charge on any atom is -0.487 e. The molecule has 1 amide bonds. The molecule has 3 rings (SSSR count). The van der Waals surface area contributed by atoms with E-state index < -0.39 is 0 Å². The van der Waals surface area contributed by atoms with Gasteiger partial charge >= 0.3 is 0 Å². The second kappa shape index (κ2) is 7.12. The fourth-order valence-electron chi connectivity index (χ4n) is 3.12. The van der Waals surface area contributed by atoms with Gasteiger partial charge < -0.3 is 10.1 Å². The Morgan fingerprint density at radius 2 is 1.84 bits per heavy atom. The summed E-state index contributed by atoms with van der Waals surface area (Å²) in [6.07, 6.45) is 0.768. The van der Waals surface area contributed by atoms with Crippen LogP contribution >= 0.6 is 11.8 Å². The number of carbonyl (C=O) groups is 1. The SMILES string of the molecule is Cc1ccc(SCC(=O)N[C@@H]2CC(C)(C)Oc3ccc(C)cc32)cc1. The number of rotatable bonds is 4. The smallest absolute Gasteiger partial charge is 0.230 e. The maximum absolute atomic E-state index is 12.5. The van der Waals surface area contributed by atoms with Gasteiger partial charge in [-0.2, -0.15) is 0 Å². The number of aryl methyl sites for hydroxylation is 2. The molecule has 0 saturated heterocycles. The summed E-state index contributed by atoms with van der Waals surface area (Å²) in [5.41, 5.74) is 3.19. The number of hydrogen-bond donors (Lipinski definition) is 1. The van der Waals surface area contributed by atoms with Gasteiger partial charge in [0.05, 0.1) is 11.8 Å². The van der Waals surface area contributed by atoms with Crippen molar-refractivity contribution in [2.24, 2.45) is 0 Å². The molecule has 2 aromatic rings. The Hall–Kier alpha value is -1.94. The number of carbonyl (C=O) groups excluding carboxylic acids is 1. The Kier molecular flexibility index (Phi) is 5.09. The van der Waals surface area contributed by atoms with Crippen LogP contribution in [0.3, 0.4) is 0 Å². The average Bonchev–Trinajstić information content (AvgIpc) is 2.54. The maximum Gasteiger partial charge on any atom is 0.230 e. The van der Waals surface area contributed by atoms with E-state index in [1.807, 2.05) is 12.1 Å². The van der Waals surface area contributed by atoms with Crippen LogP contribution < -0.4 is 10.1 Å². The highest BCUT2D eigenvalue weighted by Gasteiger charge is 2.34. The Morgan fingerprint density at radius 1 is 1.16 bits per heavy atom. The molecular weight excluding hydrogens is 330 g/mol. The van der Waals surface area contributed by atoms with Crippen LogP contribution in [0.5, 0.6) is 5.75 Å². The molecule has 25 heavy (non-hydrogen) atoms. The summed E-state index contributed by atoms with van der Waals surface area (Å²) in [5, 5.41) is 3.20. The predicted molar refractivity (Wildman–Crippen MR) is 103 cm³/mol. The van der Waals surface area contributed by atoms with Crippen LogP contribution in [0.15, 0.2) is 47.4 Å². The van der Waals surface area contributed by atoms with Crippen LogP contribution in [0.4, 0.5) is 0 Å². The number of amides is 1. The van der Waals surface area contributed by atoms with Gasteiger partial charge in [0.2, 0.25) is 5.91 Å². The maximum atomic E-state index is 12.5. The summed E-state index contributed by atoms with van der Waals surface area (Å²) >= 11 is 1.57. The first-order valence-corrected chi connectivity index (χ1v) is 9.59. The fourth-order valence-corrected chi connectivity index (χ4v) is 3.83. The molecule has 0 aliphatic carbocycles. The highest BCUT2D eigenvalue weighted by Crippen LogP contribution is 2.39. The van der Waals surface area contributed by atoms with Crippen LogP contribution in [0.2, 0.25) is 0 Å². The van der Waals surface area contributed by atoms with E-state index in [1.54, 1.807) is 11.8 Å². The number of nitrogens with one attached hydrogen (secondary N) is 1. The van der Waals surface area contributed by atoms with Crippen molar-refractivity contribution < 1.29 is 9.53 Å². The van der Waals surface area contributed by atoms with Gasteiger partial charge in [-0.25, -0.2) is 0 Å². The average molecular weight is 356 g/mol. The van der Waals surface area contributed by atoms with Gasteiger partial charge in [0.25, 0.3) is 0 Å². The van der Waals surface area contributed by atoms with Crippen LogP contribution in [0.1, 0.15) is 43.0 Å². The minimum absolute atomic E-state index is 0.00947. The molecule has 4 heteroatoms. The fraction of sp³-hybridized carbons (Fsp3) is 0.381. The summed E-state index contributed by atoms with van der Waals surface area (Å²) in [6, 6.07) is 14.4. The zero-order chi connectivity index (χ0) is 18.0. The van der Waals surface area contributed by atoms with E-state index in [2.05, 4.69) is 63.3 Å². The molecule has 0 bridgehead atoms. The quantitative estimate of drug-likeness (QED) is 0.800. The van der Waals surface area contributed by atoms with Gasteiger partial charge in [0, 0.05) is 16.9 Å². The number of hydrogen-bond acceptors (Lipinski definition) is 3. The van der Waals surface area contributed by atoms with Gasteiger partial charge in [-0.15, -0.1) is 11.8 Å². The first-order chi connectivity index (χ1) is 11.8. The third kappa shape index (κ3) is 4.57. The first-order valence-electron chi connectivity index (χ1n) is 8.61. The van der Waals surface area contributed by atoms with Crippen LogP contribution in [0.25, 0.3) is 0 Å². The van der Waals surface area contributed by atoms with Gasteiger partial charge in [0.1, 0.15) is 11.4 Å². The summed E-state index contributed by atoms with van der Waals surface area (Å²) in [7, 11) is 0. The third-order valence-electron chi connectivity index (χ3n) is 4.35. The minimum atomic E-state index is -0.287. The van der Waals surface area contributed by atoms with E-state index in [4.69, 9.17) is 4.74 Å². The molecule has 0 saturated carbocycles. The molecule has 132 valence electrons. The lowest BCUT2D eigenvalue weighted by Crippen LogP contribution is -2.41. The van der Waals surface area contributed by atoms with Crippen LogP contribution in [0, 0.1) is 13.8 Å². The van der Waals surface area contributed by atoms with Crippen molar-refractivity contribution in [2.75, 3.05) is 5.75 Å². The lowest BCUT2D eigenvalue weighted by Gasteiger charge is -2.38. The van der Waals surface area contributed by atoms with E-state index >= 15 is 0 Å². The molecule has 2 aromatic carbocycles. The van der Waals surface area contributed by atoms with E-state index in [0.29, 0.717) is 5.75 Å². The second-order valence-electron chi connectivity index (χ2n) is 7.33. The Balaban J connectivity index is 1.68. The normalized spacial score (nSPS) is 18.2. The number of benzene rings is 2. The molecule has 0 fully saturated rings. The molecule has 1 aliphatic heterocycles. The lowest BCUT2D eigenvalue weighted by molar-refractivity contribution is -0.119. The summed E-state index contributed by atoms with van der Waals surface area (Å²) in [6.45, 7) is 8.26. The molecular formula is C21H25NO2S. The van der Waals surface area contributed by atoms with Crippen molar-refractivity contribution in [3.05, 3.63) is 59.2 Å². The standard InChI is InChI=1S/C21H25NO2S/c1-14-5-8-16(9-6-14)25-13-20(23)22-18-12-21(3,4)24-19-10-7-15(2)11-17(18)19/h5-11,18H,12-13H2,1-4H3,(H,22,23)/t18-/m1/s1. The zero-order valence-corrected chi connectivity index (χ0v) is 16.1. The summed E-state index contributed by atoms with van der Waals surface area (Å²) < 4.78 is 6.07. The van der Waals surface area contributed by atoms with Crippen LogP contribution in [-0.2, 0) is 4.79 Å². The van der Waals surface area contributed by atoms with Crippen molar-refractivity contribution in [1.82, 2.24) is 5.32 Å². The largest absolute Gasteiger partial charge is 0.487 e. The molecule has 1 N–H and O–H groups in total. The van der Waals surface area contributed by atoms with E-state index in [9.17, 15) is 4.79 Å². The summed E-state index contributed by atoms with van der Waals surface area (Å²) in [5.74, 6) is 1.35. The third-order valence-corrected chi connectivity index (χ3v) is 5.36. The highest BCUT2D eigenvalue weighted by atomic mass is 32.2. The molecule has 1 aliphatic rings. The van der Waals surface area contributed by atoms with Crippen molar-refractivity contribution in [3.63, 3.8) is 0 Å². The molecule has 1 heterocycles.